The molecular formula is C16H21NO2. The van der Waals surface area contributed by atoms with Crippen LogP contribution in [0.5, 0.6) is 0 Å². The van der Waals surface area contributed by atoms with E-state index >= 15 is 0 Å². The third-order valence-electron chi connectivity index (χ3n) is 3.29. The van der Waals surface area contributed by atoms with Gasteiger partial charge in [0, 0.05) is 12.0 Å². The van der Waals surface area contributed by atoms with Gasteiger partial charge in [-0.2, -0.15) is 0 Å². The first-order valence-electron chi connectivity index (χ1n) is 6.56. The van der Waals surface area contributed by atoms with E-state index < -0.39 is 0 Å². The van der Waals surface area contributed by atoms with Crippen molar-refractivity contribution in [2.45, 2.75) is 32.4 Å². The highest BCUT2D eigenvalue weighted by Gasteiger charge is 2.19. The molecule has 0 amide bonds. The van der Waals surface area contributed by atoms with E-state index in [0.717, 1.165) is 12.3 Å². The van der Waals surface area contributed by atoms with E-state index in [2.05, 4.69) is 43.4 Å². The number of nitrogens with one attached hydrogen (secondary N) is 1. The number of furan rings is 1. The van der Waals surface area contributed by atoms with Gasteiger partial charge in [0.05, 0.1) is 6.54 Å². The zero-order valence-electron chi connectivity index (χ0n) is 11.5. The van der Waals surface area contributed by atoms with Gasteiger partial charge in [-0.15, -0.1) is 0 Å². The van der Waals surface area contributed by atoms with Crippen molar-refractivity contribution in [2.75, 3.05) is 6.54 Å². The maximum Gasteiger partial charge on any atom is 0.129 e. The summed E-state index contributed by atoms with van der Waals surface area (Å²) in [6.45, 7) is 5.94. The van der Waals surface area contributed by atoms with Crippen molar-refractivity contribution in [3.05, 3.63) is 59.5 Å². The van der Waals surface area contributed by atoms with Crippen molar-refractivity contribution in [3.63, 3.8) is 0 Å². The van der Waals surface area contributed by atoms with Gasteiger partial charge in [0.2, 0.25) is 0 Å². The summed E-state index contributed by atoms with van der Waals surface area (Å²) in [5, 5.41) is 12.3. The maximum absolute atomic E-state index is 8.94. The Morgan fingerprint density at radius 2 is 1.74 bits per heavy atom. The molecule has 3 heteroatoms. The topological polar surface area (TPSA) is 45.4 Å². The average Bonchev–Trinajstić information content (AvgIpc) is 2.87. The minimum absolute atomic E-state index is 0.0461. The van der Waals surface area contributed by atoms with Crippen LogP contribution in [0.25, 0.3) is 0 Å². The molecule has 0 aliphatic carbocycles. The summed E-state index contributed by atoms with van der Waals surface area (Å²) in [5.74, 6) is 1.46. The predicted molar refractivity (Wildman–Crippen MR) is 75.8 cm³/mol. The van der Waals surface area contributed by atoms with Crippen LogP contribution in [0.2, 0.25) is 0 Å². The predicted octanol–water partition coefficient (Wildman–Crippen LogP) is 2.84. The van der Waals surface area contributed by atoms with Crippen molar-refractivity contribution in [1.82, 2.24) is 5.32 Å². The number of aliphatic hydroxyl groups is 1. The Labute approximate surface area is 114 Å². The van der Waals surface area contributed by atoms with E-state index in [4.69, 9.17) is 9.52 Å². The van der Waals surface area contributed by atoms with Gasteiger partial charge in [0.25, 0.3) is 0 Å². The number of aliphatic hydroxyl groups excluding tert-OH is 1. The minimum atomic E-state index is -0.0461. The fraction of sp³-hybridized carbons (Fsp3) is 0.375. The van der Waals surface area contributed by atoms with Crippen molar-refractivity contribution in [2.24, 2.45) is 0 Å². The van der Waals surface area contributed by atoms with Gasteiger partial charge in [0.15, 0.2) is 0 Å². The van der Waals surface area contributed by atoms with Gasteiger partial charge in [-0.1, -0.05) is 44.2 Å². The zero-order chi connectivity index (χ0) is 13.7. The molecule has 3 nitrogen and oxygen atoms in total. The Morgan fingerprint density at radius 3 is 2.37 bits per heavy atom. The first kappa shape index (κ1) is 13.8. The van der Waals surface area contributed by atoms with E-state index in [1.54, 1.807) is 6.07 Å². The monoisotopic (exact) mass is 259 g/mol. The first-order chi connectivity index (χ1) is 9.12. The Morgan fingerprint density at radius 1 is 1.05 bits per heavy atom. The second kappa shape index (κ2) is 6.04. The first-order valence-corrected chi connectivity index (χ1v) is 6.56. The molecule has 2 rings (SSSR count). The molecule has 0 radical (unpaired) electrons. The standard InChI is InChI=1S/C16H21NO2/c1-16(2,13-6-4-3-5-7-13)12-17-10-14-8-9-15(11-18)19-14/h3-9,17-18H,10-12H2,1-2H3. The van der Waals surface area contributed by atoms with Crippen molar-refractivity contribution in [3.8, 4) is 0 Å². The number of rotatable bonds is 6. The highest BCUT2D eigenvalue weighted by atomic mass is 16.4. The fourth-order valence-corrected chi connectivity index (χ4v) is 2.09. The molecule has 0 unspecified atom stereocenters. The lowest BCUT2D eigenvalue weighted by Crippen LogP contribution is -2.32. The summed E-state index contributed by atoms with van der Waals surface area (Å²) in [6, 6.07) is 14.2. The number of hydrogen-bond acceptors (Lipinski definition) is 3. The van der Waals surface area contributed by atoms with Crippen LogP contribution in [0.3, 0.4) is 0 Å². The number of benzene rings is 1. The summed E-state index contributed by atoms with van der Waals surface area (Å²) in [5.41, 5.74) is 1.39. The molecule has 0 bridgehead atoms. The molecule has 0 aliphatic heterocycles. The Kier molecular flexibility index (Phi) is 4.40. The summed E-state index contributed by atoms with van der Waals surface area (Å²) in [6.07, 6.45) is 0. The minimum Gasteiger partial charge on any atom is -0.462 e. The molecule has 0 aliphatic rings. The average molecular weight is 259 g/mol. The lowest BCUT2D eigenvalue weighted by molar-refractivity contribution is 0.242. The third-order valence-corrected chi connectivity index (χ3v) is 3.29. The molecule has 19 heavy (non-hydrogen) atoms. The molecule has 2 N–H and O–H groups in total. The lowest BCUT2D eigenvalue weighted by atomic mass is 9.84. The van der Waals surface area contributed by atoms with Crippen LogP contribution >= 0.6 is 0 Å². The van der Waals surface area contributed by atoms with Gasteiger partial charge in [-0.3, -0.25) is 0 Å². The van der Waals surface area contributed by atoms with Gasteiger partial charge in [-0.05, 0) is 17.7 Å². The zero-order valence-corrected chi connectivity index (χ0v) is 11.5. The van der Waals surface area contributed by atoms with Crippen LogP contribution in [0, 0.1) is 0 Å². The summed E-state index contributed by atoms with van der Waals surface area (Å²) < 4.78 is 5.44. The number of hydrogen-bond donors (Lipinski definition) is 2. The molecule has 1 aromatic heterocycles. The van der Waals surface area contributed by atoms with E-state index in [1.807, 2.05) is 12.1 Å². The van der Waals surface area contributed by atoms with Crippen LogP contribution in [-0.2, 0) is 18.6 Å². The molecule has 102 valence electrons. The van der Waals surface area contributed by atoms with E-state index in [9.17, 15) is 0 Å². The second-order valence-corrected chi connectivity index (χ2v) is 5.38. The molecule has 0 spiro atoms. The highest BCUT2D eigenvalue weighted by molar-refractivity contribution is 5.23. The Balaban J connectivity index is 1.88. The smallest absolute Gasteiger partial charge is 0.129 e. The quantitative estimate of drug-likeness (QED) is 0.838. The third kappa shape index (κ3) is 3.69. The Hall–Kier alpha value is -1.58. The van der Waals surface area contributed by atoms with Crippen molar-refractivity contribution < 1.29 is 9.52 Å². The van der Waals surface area contributed by atoms with E-state index in [0.29, 0.717) is 12.3 Å². The Bertz CT molecular complexity index is 502. The molecule has 0 saturated carbocycles. The van der Waals surface area contributed by atoms with Gasteiger partial charge in [0.1, 0.15) is 18.1 Å². The molecule has 1 aromatic carbocycles. The molecule has 0 atom stereocenters. The summed E-state index contributed by atoms with van der Waals surface area (Å²) >= 11 is 0. The van der Waals surface area contributed by atoms with Gasteiger partial charge in [-0.25, -0.2) is 0 Å². The van der Waals surface area contributed by atoms with Crippen LogP contribution < -0.4 is 5.32 Å². The van der Waals surface area contributed by atoms with Gasteiger partial charge < -0.3 is 14.8 Å². The maximum atomic E-state index is 8.94. The van der Waals surface area contributed by atoms with Crippen molar-refractivity contribution in [1.29, 1.82) is 0 Å². The highest BCUT2D eigenvalue weighted by Crippen LogP contribution is 2.21. The normalized spacial score (nSPS) is 11.7. The molecule has 1 heterocycles. The summed E-state index contributed by atoms with van der Waals surface area (Å²) in [7, 11) is 0. The largest absolute Gasteiger partial charge is 0.462 e. The van der Waals surface area contributed by atoms with Crippen LogP contribution in [0.1, 0.15) is 30.9 Å². The molecule has 2 aromatic rings. The van der Waals surface area contributed by atoms with E-state index in [1.165, 1.54) is 5.56 Å². The second-order valence-electron chi connectivity index (χ2n) is 5.38. The fourth-order valence-electron chi connectivity index (χ4n) is 2.09. The molecule has 0 fully saturated rings. The summed E-state index contributed by atoms with van der Waals surface area (Å²) in [4.78, 5) is 0. The molecule has 0 saturated heterocycles. The van der Waals surface area contributed by atoms with Crippen molar-refractivity contribution >= 4 is 0 Å². The molecular weight excluding hydrogens is 238 g/mol. The van der Waals surface area contributed by atoms with Crippen LogP contribution in [-0.4, -0.2) is 11.7 Å². The lowest BCUT2D eigenvalue weighted by Gasteiger charge is -2.25. The SMILES string of the molecule is CC(C)(CNCc1ccc(CO)o1)c1ccccc1. The van der Waals surface area contributed by atoms with Crippen LogP contribution in [0.15, 0.2) is 46.9 Å². The van der Waals surface area contributed by atoms with Gasteiger partial charge >= 0.3 is 0 Å². The van der Waals surface area contributed by atoms with Crippen LogP contribution in [0.4, 0.5) is 0 Å². The van der Waals surface area contributed by atoms with E-state index in [-0.39, 0.29) is 12.0 Å².